The van der Waals surface area contributed by atoms with Crippen LogP contribution in [0.25, 0.3) is 0 Å². The summed E-state index contributed by atoms with van der Waals surface area (Å²) in [7, 11) is 0. The molecule has 2 N–H and O–H groups in total. The molecule has 0 heterocycles. The van der Waals surface area contributed by atoms with E-state index in [-0.39, 0.29) is 11.3 Å². The molecular formula is C12H13ClN2O2. The molecular weight excluding hydrogens is 240 g/mol. The van der Waals surface area contributed by atoms with E-state index < -0.39 is 5.91 Å². The summed E-state index contributed by atoms with van der Waals surface area (Å²) in [6, 6.07) is 4.36. The lowest BCUT2D eigenvalue weighted by Gasteiger charge is -2.04. The van der Waals surface area contributed by atoms with Gasteiger partial charge >= 0.3 is 0 Å². The molecule has 1 aliphatic rings. The number of phenols is 1. The smallest absolute Gasteiger partial charge is 0.275 e. The molecule has 5 heteroatoms. The van der Waals surface area contributed by atoms with Gasteiger partial charge in [-0.2, -0.15) is 5.10 Å². The SMILES string of the molecule is O=C(NN=C1CCCC1)c1ccc(Cl)cc1O. The van der Waals surface area contributed by atoms with Crippen LogP contribution >= 0.6 is 11.6 Å². The Balaban J connectivity index is 2.06. The van der Waals surface area contributed by atoms with Gasteiger partial charge in [0.1, 0.15) is 5.75 Å². The van der Waals surface area contributed by atoms with Crippen molar-refractivity contribution in [2.75, 3.05) is 0 Å². The van der Waals surface area contributed by atoms with Gasteiger partial charge in [0.2, 0.25) is 0 Å². The summed E-state index contributed by atoms with van der Waals surface area (Å²) in [5.74, 6) is -0.555. The second-order valence-corrected chi connectivity index (χ2v) is 4.42. The van der Waals surface area contributed by atoms with Gasteiger partial charge in [0.25, 0.3) is 5.91 Å². The van der Waals surface area contributed by atoms with Crippen LogP contribution in [0, 0.1) is 0 Å². The first-order chi connectivity index (χ1) is 8.16. The molecule has 1 amide bonds. The normalized spacial score (nSPS) is 14.8. The monoisotopic (exact) mass is 252 g/mol. The molecule has 0 atom stereocenters. The molecule has 0 unspecified atom stereocenters. The highest BCUT2D eigenvalue weighted by atomic mass is 35.5. The van der Waals surface area contributed by atoms with Crippen molar-refractivity contribution in [2.45, 2.75) is 25.7 Å². The maximum Gasteiger partial charge on any atom is 0.275 e. The topological polar surface area (TPSA) is 61.7 Å². The van der Waals surface area contributed by atoms with E-state index in [1.807, 2.05) is 0 Å². The number of hydrogen-bond donors (Lipinski definition) is 2. The summed E-state index contributed by atoms with van der Waals surface area (Å²) in [6.45, 7) is 0. The lowest BCUT2D eigenvalue weighted by Crippen LogP contribution is -2.19. The Hall–Kier alpha value is -1.55. The van der Waals surface area contributed by atoms with Crippen molar-refractivity contribution in [1.82, 2.24) is 5.43 Å². The van der Waals surface area contributed by atoms with Crippen LogP contribution in [0.3, 0.4) is 0 Å². The summed E-state index contributed by atoms with van der Waals surface area (Å²) in [4.78, 5) is 11.7. The minimum atomic E-state index is -0.418. The number of hydrazone groups is 1. The molecule has 2 rings (SSSR count). The number of hydrogen-bond acceptors (Lipinski definition) is 3. The first kappa shape index (κ1) is 11.9. The van der Waals surface area contributed by atoms with Crippen LogP contribution in [0.15, 0.2) is 23.3 Å². The molecule has 0 bridgehead atoms. The molecule has 1 saturated carbocycles. The van der Waals surface area contributed by atoms with E-state index in [1.54, 1.807) is 6.07 Å². The summed E-state index contributed by atoms with van der Waals surface area (Å²) < 4.78 is 0. The molecule has 1 aromatic carbocycles. The molecule has 1 fully saturated rings. The molecule has 90 valence electrons. The van der Waals surface area contributed by atoms with Gasteiger partial charge in [0.15, 0.2) is 0 Å². The van der Waals surface area contributed by atoms with Crippen molar-refractivity contribution in [3.8, 4) is 5.75 Å². The summed E-state index contributed by atoms with van der Waals surface area (Å²) in [5, 5.41) is 14.0. The zero-order valence-electron chi connectivity index (χ0n) is 9.24. The fraction of sp³-hybridized carbons (Fsp3) is 0.333. The molecule has 1 aliphatic carbocycles. The number of nitrogens with one attached hydrogen (secondary N) is 1. The highest BCUT2D eigenvalue weighted by Gasteiger charge is 2.12. The largest absolute Gasteiger partial charge is 0.507 e. The van der Waals surface area contributed by atoms with Crippen LogP contribution in [0.5, 0.6) is 5.75 Å². The standard InChI is InChI=1S/C12H13ClN2O2/c13-8-5-6-10(11(16)7-8)12(17)15-14-9-3-1-2-4-9/h5-7,16H,1-4H2,(H,15,17). The summed E-state index contributed by atoms with van der Waals surface area (Å²) in [5.41, 5.74) is 3.63. The maximum absolute atomic E-state index is 11.7. The molecule has 0 aliphatic heterocycles. The third-order valence-electron chi connectivity index (χ3n) is 2.70. The molecule has 1 aromatic rings. The fourth-order valence-corrected chi connectivity index (χ4v) is 1.95. The number of benzene rings is 1. The van der Waals surface area contributed by atoms with Crippen molar-refractivity contribution in [3.63, 3.8) is 0 Å². The second-order valence-electron chi connectivity index (χ2n) is 3.99. The van der Waals surface area contributed by atoms with Crippen molar-refractivity contribution < 1.29 is 9.90 Å². The third kappa shape index (κ3) is 2.97. The number of nitrogens with zero attached hydrogens (tertiary/aromatic N) is 1. The second kappa shape index (κ2) is 5.19. The number of carbonyl (C=O) groups is 1. The molecule has 0 spiro atoms. The predicted molar refractivity (Wildman–Crippen MR) is 66.5 cm³/mol. The van der Waals surface area contributed by atoms with Crippen LogP contribution < -0.4 is 5.43 Å². The molecule has 0 radical (unpaired) electrons. The highest BCUT2D eigenvalue weighted by Crippen LogP contribution is 2.21. The van der Waals surface area contributed by atoms with Gasteiger partial charge in [-0.15, -0.1) is 0 Å². The quantitative estimate of drug-likeness (QED) is 0.795. The van der Waals surface area contributed by atoms with Gasteiger partial charge in [0.05, 0.1) is 5.56 Å². The highest BCUT2D eigenvalue weighted by molar-refractivity contribution is 6.30. The van der Waals surface area contributed by atoms with Crippen molar-refractivity contribution in [2.24, 2.45) is 5.10 Å². The van der Waals surface area contributed by atoms with Crippen molar-refractivity contribution in [3.05, 3.63) is 28.8 Å². The third-order valence-corrected chi connectivity index (χ3v) is 2.94. The van der Waals surface area contributed by atoms with Crippen molar-refractivity contribution >= 4 is 23.2 Å². The van der Waals surface area contributed by atoms with Crippen LogP contribution in [0.4, 0.5) is 0 Å². The summed E-state index contributed by atoms with van der Waals surface area (Å²) >= 11 is 5.68. The Kier molecular flexibility index (Phi) is 3.64. The lowest BCUT2D eigenvalue weighted by atomic mass is 10.2. The van der Waals surface area contributed by atoms with Gasteiger partial charge in [-0.1, -0.05) is 11.6 Å². The van der Waals surface area contributed by atoms with Gasteiger partial charge < -0.3 is 5.11 Å². The van der Waals surface area contributed by atoms with Crippen LogP contribution in [0.1, 0.15) is 36.0 Å². The van der Waals surface area contributed by atoms with Crippen LogP contribution in [0.2, 0.25) is 5.02 Å². The number of halogens is 1. The number of amides is 1. The average Bonchev–Trinajstić information content (AvgIpc) is 2.78. The Morgan fingerprint density at radius 3 is 2.71 bits per heavy atom. The number of carbonyl (C=O) groups excluding carboxylic acids is 1. The van der Waals surface area contributed by atoms with Gasteiger partial charge in [-0.05, 0) is 43.9 Å². The number of aromatic hydroxyl groups is 1. The minimum absolute atomic E-state index is 0.137. The van der Waals surface area contributed by atoms with E-state index in [4.69, 9.17) is 11.6 Å². The first-order valence-corrected chi connectivity index (χ1v) is 5.89. The van der Waals surface area contributed by atoms with E-state index in [9.17, 15) is 9.90 Å². The van der Waals surface area contributed by atoms with E-state index in [1.165, 1.54) is 12.1 Å². The summed E-state index contributed by atoms with van der Waals surface area (Å²) in [6.07, 6.45) is 4.13. The van der Waals surface area contributed by atoms with Gasteiger partial charge in [-0.25, -0.2) is 5.43 Å². The number of rotatable bonds is 2. The van der Waals surface area contributed by atoms with Crippen LogP contribution in [-0.4, -0.2) is 16.7 Å². The molecule has 17 heavy (non-hydrogen) atoms. The van der Waals surface area contributed by atoms with Gasteiger partial charge in [0, 0.05) is 10.7 Å². The first-order valence-electron chi connectivity index (χ1n) is 5.51. The number of phenolic OH excluding ortho intramolecular Hbond substituents is 1. The fourth-order valence-electron chi connectivity index (χ4n) is 1.78. The molecule has 0 aromatic heterocycles. The van der Waals surface area contributed by atoms with E-state index in [2.05, 4.69) is 10.5 Å². The lowest BCUT2D eigenvalue weighted by molar-refractivity contribution is 0.0952. The predicted octanol–water partition coefficient (Wildman–Crippen LogP) is 2.71. The van der Waals surface area contributed by atoms with Crippen molar-refractivity contribution in [1.29, 1.82) is 0 Å². The zero-order chi connectivity index (χ0) is 12.3. The minimum Gasteiger partial charge on any atom is -0.507 e. The Labute approximate surface area is 104 Å². The average molecular weight is 253 g/mol. The Morgan fingerprint density at radius 2 is 2.06 bits per heavy atom. The van der Waals surface area contributed by atoms with E-state index >= 15 is 0 Å². The Morgan fingerprint density at radius 1 is 1.35 bits per heavy atom. The Bertz CT molecular complexity index is 464. The maximum atomic E-state index is 11.7. The molecule has 4 nitrogen and oxygen atoms in total. The van der Waals surface area contributed by atoms with Crippen LogP contribution in [-0.2, 0) is 0 Å². The van der Waals surface area contributed by atoms with Gasteiger partial charge in [-0.3, -0.25) is 4.79 Å². The molecule has 0 saturated heterocycles. The van der Waals surface area contributed by atoms with E-state index in [0.29, 0.717) is 5.02 Å². The zero-order valence-corrected chi connectivity index (χ0v) is 10.00. The van der Waals surface area contributed by atoms with E-state index in [0.717, 1.165) is 31.4 Å².